The summed E-state index contributed by atoms with van der Waals surface area (Å²) in [7, 11) is 0. The van der Waals surface area contributed by atoms with Crippen molar-refractivity contribution in [3.05, 3.63) is 89.1 Å². The van der Waals surface area contributed by atoms with E-state index in [1.165, 1.54) is 12.1 Å². The second-order valence-electron chi connectivity index (χ2n) is 12.6. The largest absolute Gasteiger partial charge is 0.457 e. The van der Waals surface area contributed by atoms with Gasteiger partial charge in [-0.2, -0.15) is 18.3 Å². The lowest BCUT2D eigenvalue weighted by atomic mass is 9.96. The van der Waals surface area contributed by atoms with Crippen LogP contribution in [0.2, 0.25) is 0 Å². The number of ether oxygens (including phenoxy) is 1. The number of fused-ring (bicyclic) bond motifs is 1. The molecule has 0 bridgehead atoms. The van der Waals surface area contributed by atoms with Crippen molar-refractivity contribution in [3.63, 3.8) is 0 Å². The number of nitrogens with zero attached hydrogens (tertiary/aromatic N) is 3. The third kappa shape index (κ3) is 7.41. The predicted octanol–water partition coefficient (Wildman–Crippen LogP) is 7.48. The molecule has 0 saturated carbocycles. The Morgan fingerprint density at radius 1 is 0.932 bits per heavy atom. The molecule has 5 rings (SSSR count). The Morgan fingerprint density at radius 3 is 2.14 bits per heavy atom. The number of aromatic nitrogens is 2. The van der Waals surface area contributed by atoms with Crippen LogP contribution in [0, 0.1) is 18.3 Å². The van der Waals surface area contributed by atoms with Crippen molar-refractivity contribution >= 4 is 22.7 Å². The van der Waals surface area contributed by atoms with Crippen LogP contribution in [0.5, 0.6) is 11.5 Å². The molecule has 0 spiro atoms. The summed E-state index contributed by atoms with van der Waals surface area (Å²) in [6.07, 6.45) is -0.706. The first-order chi connectivity index (χ1) is 20.8. The van der Waals surface area contributed by atoms with Crippen LogP contribution in [-0.2, 0) is 12.7 Å². The molecule has 7 nitrogen and oxygen atoms in total. The lowest BCUT2D eigenvalue weighted by Gasteiger charge is -2.32. The molecule has 10 heteroatoms. The monoisotopic (exact) mass is 606 g/mol. The van der Waals surface area contributed by atoms with Crippen LogP contribution in [0.3, 0.4) is 0 Å². The highest BCUT2D eigenvalue weighted by molar-refractivity contribution is 6.00. The molecule has 1 aliphatic heterocycles. The number of carbonyl (C=O) groups excluding carboxylic acids is 2. The van der Waals surface area contributed by atoms with E-state index in [1.807, 2.05) is 34.8 Å². The topological polar surface area (TPSA) is 76.5 Å². The maximum atomic E-state index is 13.1. The zero-order chi connectivity index (χ0) is 31.6. The highest BCUT2D eigenvalue weighted by Crippen LogP contribution is 2.32. The molecule has 1 aromatic heterocycles. The fourth-order valence-corrected chi connectivity index (χ4v) is 5.34. The van der Waals surface area contributed by atoms with E-state index in [1.54, 1.807) is 24.3 Å². The number of amides is 2. The summed E-state index contributed by atoms with van der Waals surface area (Å²) < 4.78 is 45.9. The Balaban J connectivity index is 1.14. The molecule has 1 fully saturated rings. The number of benzene rings is 3. The van der Waals surface area contributed by atoms with Crippen LogP contribution in [0.4, 0.5) is 13.2 Å². The molecule has 0 aliphatic carbocycles. The zero-order valence-electron chi connectivity index (χ0n) is 25.4. The summed E-state index contributed by atoms with van der Waals surface area (Å²) in [6.45, 7) is 10.8. The van der Waals surface area contributed by atoms with E-state index < -0.39 is 11.7 Å². The molecule has 44 heavy (non-hydrogen) atoms. The Hall–Kier alpha value is -4.34. The van der Waals surface area contributed by atoms with E-state index in [4.69, 9.17) is 9.84 Å². The molecule has 232 valence electrons. The summed E-state index contributed by atoms with van der Waals surface area (Å²) in [5, 5.41) is 8.74. The van der Waals surface area contributed by atoms with Crippen molar-refractivity contribution < 1.29 is 27.5 Å². The van der Waals surface area contributed by atoms with E-state index in [-0.39, 0.29) is 23.0 Å². The predicted molar refractivity (Wildman–Crippen MR) is 163 cm³/mol. The van der Waals surface area contributed by atoms with Gasteiger partial charge in [-0.05, 0) is 97.3 Å². The van der Waals surface area contributed by atoms with Gasteiger partial charge in [0.05, 0.1) is 11.1 Å². The maximum absolute atomic E-state index is 13.1. The van der Waals surface area contributed by atoms with Gasteiger partial charge in [0, 0.05) is 48.9 Å². The van der Waals surface area contributed by atoms with Crippen LogP contribution in [-0.4, -0.2) is 46.1 Å². The Morgan fingerprint density at radius 2 is 1.55 bits per heavy atom. The highest BCUT2D eigenvalue weighted by atomic mass is 19.4. The normalized spacial score (nSPS) is 14.6. The molecule has 1 saturated heterocycles. The average molecular weight is 607 g/mol. The number of aryl methyl sites for hydroxylation is 1. The number of carbonyl (C=O) groups is 2. The first-order valence-corrected chi connectivity index (χ1v) is 14.8. The van der Waals surface area contributed by atoms with E-state index in [0.29, 0.717) is 42.4 Å². The fraction of sp³-hybridized carbons (Fsp3) is 0.382. The number of halogens is 3. The van der Waals surface area contributed by atoms with Crippen LogP contribution in [0.15, 0.2) is 66.9 Å². The molecule has 1 aliphatic rings. The standard InChI is InChI=1S/C34H37F3N4O3/c1-22-28(31(42)38-21-33(2,3)4)13-14-30-29(22)20-41(39-30)19-23-15-17-40(18-16-23)32(43)24-5-9-26(10-6-24)44-27-11-7-25(8-12-27)34(35,36)37/h5-14,20,23H,15-19,21H2,1-4H3,(H,38,42). The third-order valence-electron chi connectivity index (χ3n) is 7.90. The van der Waals surface area contributed by atoms with Crippen LogP contribution in [0.25, 0.3) is 10.9 Å². The second-order valence-corrected chi connectivity index (χ2v) is 12.6. The minimum absolute atomic E-state index is 0.000758. The lowest BCUT2D eigenvalue weighted by Crippen LogP contribution is -2.39. The van der Waals surface area contributed by atoms with E-state index >= 15 is 0 Å². The SMILES string of the molecule is Cc1c(C(=O)NCC(C)(C)C)ccc2nn(CC3CCN(C(=O)c4ccc(Oc5ccc(C(F)(F)F)cc5)cc4)CC3)cc12. The van der Waals surface area contributed by atoms with Crippen molar-refractivity contribution in [3.8, 4) is 11.5 Å². The van der Waals surface area contributed by atoms with Gasteiger partial charge in [-0.15, -0.1) is 0 Å². The van der Waals surface area contributed by atoms with Crippen LogP contribution < -0.4 is 10.1 Å². The first-order valence-electron chi connectivity index (χ1n) is 14.8. The van der Waals surface area contributed by atoms with Gasteiger partial charge < -0.3 is 15.0 Å². The maximum Gasteiger partial charge on any atom is 0.416 e. The zero-order valence-corrected chi connectivity index (χ0v) is 25.4. The highest BCUT2D eigenvalue weighted by Gasteiger charge is 2.30. The van der Waals surface area contributed by atoms with Gasteiger partial charge in [0.1, 0.15) is 11.5 Å². The summed E-state index contributed by atoms with van der Waals surface area (Å²) in [5.41, 5.74) is 2.21. The molecule has 1 N–H and O–H groups in total. The molecule has 3 aromatic carbocycles. The van der Waals surface area contributed by atoms with E-state index in [9.17, 15) is 22.8 Å². The van der Waals surface area contributed by atoms with Gasteiger partial charge in [-0.3, -0.25) is 14.3 Å². The van der Waals surface area contributed by atoms with Crippen molar-refractivity contribution in [1.82, 2.24) is 20.0 Å². The summed E-state index contributed by atoms with van der Waals surface area (Å²) in [6, 6.07) is 14.8. The number of hydrogen-bond acceptors (Lipinski definition) is 4. The minimum atomic E-state index is -4.40. The third-order valence-corrected chi connectivity index (χ3v) is 7.90. The molecular formula is C34H37F3N4O3. The molecule has 2 amide bonds. The Bertz CT molecular complexity index is 1630. The molecule has 0 unspecified atom stereocenters. The fourth-order valence-electron chi connectivity index (χ4n) is 5.34. The quantitative estimate of drug-likeness (QED) is 0.237. The Kier molecular flexibility index (Phi) is 8.72. The number of rotatable bonds is 7. The van der Waals surface area contributed by atoms with E-state index in [0.717, 1.165) is 48.0 Å². The molecule has 0 atom stereocenters. The second kappa shape index (κ2) is 12.3. The van der Waals surface area contributed by atoms with Gasteiger partial charge in [-0.1, -0.05) is 20.8 Å². The summed E-state index contributed by atoms with van der Waals surface area (Å²) >= 11 is 0. The number of hydrogen-bond donors (Lipinski definition) is 1. The van der Waals surface area contributed by atoms with Crippen molar-refractivity contribution in [1.29, 1.82) is 0 Å². The van der Waals surface area contributed by atoms with Gasteiger partial charge in [0.2, 0.25) is 0 Å². The van der Waals surface area contributed by atoms with Crippen molar-refractivity contribution in [2.75, 3.05) is 19.6 Å². The smallest absolute Gasteiger partial charge is 0.416 e. The molecular weight excluding hydrogens is 569 g/mol. The average Bonchev–Trinajstić information content (AvgIpc) is 3.39. The van der Waals surface area contributed by atoms with Gasteiger partial charge in [-0.25, -0.2) is 0 Å². The van der Waals surface area contributed by atoms with Gasteiger partial charge in [0.25, 0.3) is 11.8 Å². The molecule has 0 radical (unpaired) electrons. The van der Waals surface area contributed by atoms with Gasteiger partial charge >= 0.3 is 6.18 Å². The number of nitrogens with one attached hydrogen (secondary N) is 1. The number of alkyl halides is 3. The summed E-state index contributed by atoms with van der Waals surface area (Å²) in [5.74, 6) is 0.927. The first kappa shape index (κ1) is 31.1. The van der Waals surface area contributed by atoms with Crippen LogP contribution >= 0.6 is 0 Å². The number of likely N-dealkylation sites (tertiary alicyclic amines) is 1. The van der Waals surface area contributed by atoms with E-state index in [2.05, 4.69) is 26.1 Å². The van der Waals surface area contributed by atoms with Crippen molar-refractivity contribution in [2.45, 2.75) is 53.3 Å². The van der Waals surface area contributed by atoms with Crippen molar-refractivity contribution in [2.24, 2.45) is 11.3 Å². The minimum Gasteiger partial charge on any atom is -0.457 e. The van der Waals surface area contributed by atoms with Gasteiger partial charge in [0.15, 0.2) is 0 Å². The summed E-state index contributed by atoms with van der Waals surface area (Å²) in [4.78, 5) is 27.8. The molecule has 2 heterocycles. The molecule has 4 aromatic rings. The lowest BCUT2D eigenvalue weighted by molar-refractivity contribution is -0.137. The van der Waals surface area contributed by atoms with Crippen LogP contribution in [0.1, 0.15) is 65.5 Å². The Labute approximate surface area is 255 Å². The number of piperidine rings is 1.